The third-order valence-corrected chi connectivity index (χ3v) is 2.89. The van der Waals surface area contributed by atoms with Crippen molar-refractivity contribution in [2.24, 2.45) is 0 Å². The van der Waals surface area contributed by atoms with E-state index in [4.69, 9.17) is 10.0 Å². The Labute approximate surface area is 112 Å². The molecule has 2 N–H and O–H groups in total. The monoisotopic (exact) mass is 254 g/mol. The van der Waals surface area contributed by atoms with Crippen molar-refractivity contribution < 1.29 is 14.8 Å². The van der Waals surface area contributed by atoms with Gasteiger partial charge in [-0.3, -0.25) is 4.79 Å². The number of benzene rings is 2. The summed E-state index contributed by atoms with van der Waals surface area (Å²) in [6.45, 7) is 0. The fourth-order valence-electron chi connectivity index (χ4n) is 1.98. The molecule has 96 valence electrons. The SMILES string of the molecule is O=C(Cc1ccccc1)Cc1cccc(B(O)O)c1. The highest BCUT2D eigenvalue weighted by atomic mass is 16.4. The van der Waals surface area contributed by atoms with Crippen molar-refractivity contribution in [1.29, 1.82) is 0 Å². The number of hydrogen-bond acceptors (Lipinski definition) is 3. The maximum Gasteiger partial charge on any atom is 0.488 e. The van der Waals surface area contributed by atoms with Gasteiger partial charge in [-0.25, -0.2) is 0 Å². The van der Waals surface area contributed by atoms with Crippen LogP contribution in [-0.4, -0.2) is 22.9 Å². The van der Waals surface area contributed by atoms with Gasteiger partial charge in [0, 0.05) is 12.8 Å². The highest BCUT2D eigenvalue weighted by Gasteiger charge is 2.12. The van der Waals surface area contributed by atoms with Crippen molar-refractivity contribution in [3.8, 4) is 0 Å². The van der Waals surface area contributed by atoms with Crippen molar-refractivity contribution in [1.82, 2.24) is 0 Å². The summed E-state index contributed by atoms with van der Waals surface area (Å²) in [6, 6.07) is 16.4. The Hall–Kier alpha value is -1.91. The smallest absolute Gasteiger partial charge is 0.423 e. The normalized spacial score (nSPS) is 10.2. The van der Waals surface area contributed by atoms with E-state index in [1.807, 2.05) is 36.4 Å². The van der Waals surface area contributed by atoms with Crippen LogP contribution < -0.4 is 5.46 Å². The summed E-state index contributed by atoms with van der Waals surface area (Å²) in [5.41, 5.74) is 2.20. The molecule has 0 unspecified atom stereocenters. The third kappa shape index (κ3) is 4.05. The Morgan fingerprint density at radius 1 is 0.895 bits per heavy atom. The molecule has 0 amide bonds. The van der Waals surface area contributed by atoms with Crippen LogP contribution in [0.1, 0.15) is 11.1 Å². The third-order valence-electron chi connectivity index (χ3n) is 2.89. The molecule has 4 heteroatoms. The van der Waals surface area contributed by atoms with Crippen LogP contribution in [-0.2, 0) is 17.6 Å². The van der Waals surface area contributed by atoms with Crippen LogP contribution in [0, 0.1) is 0 Å². The van der Waals surface area contributed by atoms with Crippen molar-refractivity contribution in [2.75, 3.05) is 0 Å². The second kappa shape index (κ2) is 6.32. The zero-order valence-corrected chi connectivity index (χ0v) is 10.5. The van der Waals surface area contributed by atoms with Crippen LogP contribution in [0.25, 0.3) is 0 Å². The van der Waals surface area contributed by atoms with Crippen LogP contribution >= 0.6 is 0 Å². The van der Waals surface area contributed by atoms with E-state index < -0.39 is 7.12 Å². The van der Waals surface area contributed by atoms with Crippen LogP contribution in [0.2, 0.25) is 0 Å². The molecule has 0 saturated carbocycles. The molecule has 3 nitrogen and oxygen atoms in total. The topological polar surface area (TPSA) is 57.5 Å². The minimum atomic E-state index is -1.50. The van der Waals surface area contributed by atoms with E-state index in [1.165, 1.54) is 0 Å². The van der Waals surface area contributed by atoms with Crippen molar-refractivity contribution in [2.45, 2.75) is 12.8 Å². The van der Waals surface area contributed by atoms with E-state index in [1.54, 1.807) is 18.2 Å². The highest BCUT2D eigenvalue weighted by Crippen LogP contribution is 2.05. The molecule has 0 spiro atoms. The Morgan fingerprint density at radius 3 is 2.21 bits per heavy atom. The number of Topliss-reactive ketones (excluding diaryl/α,β-unsaturated/α-hetero) is 1. The predicted molar refractivity (Wildman–Crippen MR) is 75.1 cm³/mol. The van der Waals surface area contributed by atoms with E-state index in [0.29, 0.717) is 18.3 Å². The summed E-state index contributed by atoms with van der Waals surface area (Å²) in [5, 5.41) is 18.2. The minimum Gasteiger partial charge on any atom is -0.423 e. The molecule has 2 aromatic rings. The van der Waals surface area contributed by atoms with Gasteiger partial charge in [0.1, 0.15) is 5.78 Å². The largest absolute Gasteiger partial charge is 0.488 e. The van der Waals surface area contributed by atoms with Gasteiger partial charge in [-0.15, -0.1) is 0 Å². The Bertz CT molecular complexity index is 552. The molecule has 0 heterocycles. The Morgan fingerprint density at radius 2 is 1.53 bits per heavy atom. The molecule has 0 bridgehead atoms. The number of carbonyl (C=O) groups excluding carboxylic acids is 1. The van der Waals surface area contributed by atoms with Gasteiger partial charge in [-0.2, -0.15) is 0 Å². The zero-order chi connectivity index (χ0) is 13.7. The van der Waals surface area contributed by atoms with Crippen molar-refractivity contribution in [3.05, 3.63) is 65.7 Å². The molecule has 0 aliphatic carbocycles. The number of rotatable bonds is 5. The lowest BCUT2D eigenvalue weighted by molar-refractivity contribution is -0.117. The molecule has 0 fully saturated rings. The molecule has 2 rings (SSSR count). The van der Waals surface area contributed by atoms with Crippen LogP contribution in [0.15, 0.2) is 54.6 Å². The molecule has 0 aromatic heterocycles. The van der Waals surface area contributed by atoms with Crippen LogP contribution in [0.4, 0.5) is 0 Å². The Balaban J connectivity index is 2.01. The second-order valence-corrected chi connectivity index (χ2v) is 4.50. The average Bonchev–Trinajstić information content (AvgIpc) is 2.40. The average molecular weight is 254 g/mol. The molecule has 0 aliphatic heterocycles. The van der Waals surface area contributed by atoms with E-state index in [9.17, 15) is 4.79 Å². The summed E-state index contributed by atoms with van der Waals surface area (Å²) >= 11 is 0. The number of carbonyl (C=O) groups is 1. The lowest BCUT2D eigenvalue weighted by Crippen LogP contribution is -2.30. The summed E-state index contributed by atoms with van der Waals surface area (Å²) in [4.78, 5) is 11.9. The van der Waals surface area contributed by atoms with Gasteiger partial charge < -0.3 is 10.0 Å². The van der Waals surface area contributed by atoms with E-state index in [-0.39, 0.29) is 5.78 Å². The number of ketones is 1. The summed E-state index contributed by atoms with van der Waals surface area (Å²) < 4.78 is 0. The maximum absolute atomic E-state index is 11.9. The van der Waals surface area contributed by atoms with Crippen molar-refractivity contribution in [3.63, 3.8) is 0 Å². The zero-order valence-electron chi connectivity index (χ0n) is 10.5. The van der Waals surface area contributed by atoms with Gasteiger partial charge in [0.2, 0.25) is 0 Å². The van der Waals surface area contributed by atoms with Gasteiger partial charge in [0.15, 0.2) is 0 Å². The first-order valence-electron chi connectivity index (χ1n) is 6.16. The minimum absolute atomic E-state index is 0.107. The molecule has 0 radical (unpaired) electrons. The van der Waals surface area contributed by atoms with E-state index in [0.717, 1.165) is 11.1 Å². The summed E-state index contributed by atoms with van der Waals surface area (Å²) in [6.07, 6.45) is 0.697. The second-order valence-electron chi connectivity index (χ2n) is 4.50. The van der Waals surface area contributed by atoms with Gasteiger partial charge >= 0.3 is 7.12 Å². The quantitative estimate of drug-likeness (QED) is 0.773. The molecular weight excluding hydrogens is 239 g/mol. The standard InChI is InChI=1S/C15H15BO3/c17-15(10-12-5-2-1-3-6-12)11-13-7-4-8-14(9-13)16(18)19/h1-9,18-19H,10-11H2. The van der Waals surface area contributed by atoms with Crippen LogP contribution in [0.5, 0.6) is 0 Å². The Kier molecular flexibility index (Phi) is 4.50. The molecule has 0 aliphatic rings. The van der Waals surface area contributed by atoms with E-state index in [2.05, 4.69) is 0 Å². The van der Waals surface area contributed by atoms with Gasteiger partial charge in [-0.05, 0) is 16.6 Å². The summed E-state index contributed by atoms with van der Waals surface area (Å²) in [7, 11) is -1.50. The maximum atomic E-state index is 11.9. The molecule has 0 atom stereocenters. The first-order valence-corrected chi connectivity index (χ1v) is 6.16. The highest BCUT2D eigenvalue weighted by molar-refractivity contribution is 6.58. The van der Waals surface area contributed by atoms with E-state index >= 15 is 0 Å². The molecular formula is C15H15BO3. The first-order chi connectivity index (χ1) is 9.15. The number of hydrogen-bond donors (Lipinski definition) is 2. The lowest BCUT2D eigenvalue weighted by Gasteiger charge is -2.04. The van der Waals surface area contributed by atoms with Gasteiger partial charge in [0.25, 0.3) is 0 Å². The van der Waals surface area contributed by atoms with Gasteiger partial charge in [0.05, 0.1) is 0 Å². The first kappa shape index (κ1) is 13.5. The molecule has 2 aromatic carbocycles. The predicted octanol–water partition coefficient (Wildman–Crippen LogP) is 0.721. The lowest BCUT2D eigenvalue weighted by atomic mass is 9.79. The fraction of sp³-hybridized carbons (Fsp3) is 0.133. The van der Waals surface area contributed by atoms with Crippen LogP contribution in [0.3, 0.4) is 0 Å². The molecule has 19 heavy (non-hydrogen) atoms. The van der Waals surface area contributed by atoms with Crippen molar-refractivity contribution >= 4 is 18.4 Å². The van der Waals surface area contributed by atoms with Gasteiger partial charge in [-0.1, -0.05) is 54.6 Å². The molecule has 0 saturated heterocycles. The summed E-state index contributed by atoms with van der Waals surface area (Å²) in [5.74, 6) is 0.107. The fourth-order valence-corrected chi connectivity index (χ4v) is 1.98.